The van der Waals surface area contributed by atoms with E-state index in [1.165, 1.54) is 10.6 Å². The molecule has 0 bridgehead atoms. The quantitative estimate of drug-likeness (QED) is 0.265. The number of imidazole rings is 1. The van der Waals surface area contributed by atoms with E-state index in [2.05, 4.69) is 0 Å². The number of benzene rings is 3. The van der Waals surface area contributed by atoms with Crippen molar-refractivity contribution in [2.75, 3.05) is 0 Å². The van der Waals surface area contributed by atoms with Gasteiger partial charge in [-0.1, -0.05) is 86.6 Å². The van der Waals surface area contributed by atoms with Gasteiger partial charge in [0.1, 0.15) is 5.69 Å². The molecule has 4 rings (SSSR count). The number of nitrogens with zero attached hydrogens (tertiary/aromatic N) is 2. The molecule has 5 nitrogen and oxygen atoms in total. The Morgan fingerprint density at radius 1 is 0.842 bits per heavy atom. The predicted molar refractivity (Wildman–Crippen MR) is 140 cm³/mol. The number of halogens is 3. The van der Waals surface area contributed by atoms with Gasteiger partial charge in [0.15, 0.2) is 0 Å². The molecular weight excluding hydrogens is 493 g/mol. The lowest BCUT2D eigenvalue weighted by Gasteiger charge is -2.15. The first kappa shape index (κ1) is 27.0. The first-order valence-corrected chi connectivity index (χ1v) is 12.4. The Bertz CT molecular complexity index is 1470. The molecular formula is C30H29F3N2O3. The number of hydrogen-bond acceptors (Lipinski definition) is 2. The fourth-order valence-electron chi connectivity index (χ4n) is 4.61. The zero-order valence-corrected chi connectivity index (χ0v) is 21.2. The van der Waals surface area contributed by atoms with Gasteiger partial charge in [0.05, 0.1) is 24.3 Å². The van der Waals surface area contributed by atoms with Gasteiger partial charge in [0, 0.05) is 0 Å². The van der Waals surface area contributed by atoms with Crippen molar-refractivity contribution in [3.63, 3.8) is 0 Å². The number of carbonyl (C=O) groups is 1. The first-order valence-electron chi connectivity index (χ1n) is 12.4. The summed E-state index contributed by atoms with van der Waals surface area (Å²) in [5.41, 5.74) is 0.965. The largest absolute Gasteiger partial charge is 0.478 e. The zero-order chi connectivity index (χ0) is 27.4. The summed E-state index contributed by atoms with van der Waals surface area (Å²) in [4.78, 5) is 25.1. The molecule has 4 aromatic rings. The van der Waals surface area contributed by atoms with Gasteiger partial charge in [0.2, 0.25) is 0 Å². The molecule has 1 heterocycles. The van der Waals surface area contributed by atoms with Crippen molar-refractivity contribution in [2.45, 2.75) is 46.0 Å². The number of alkyl halides is 3. The highest BCUT2D eigenvalue weighted by atomic mass is 19.4. The van der Waals surface area contributed by atoms with Gasteiger partial charge < -0.3 is 5.11 Å². The summed E-state index contributed by atoms with van der Waals surface area (Å²) >= 11 is 0. The van der Waals surface area contributed by atoms with Crippen LogP contribution in [0, 0.1) is 5.92 Å². The summed E-state index contributed by atoms with van der Waals surface area (Å²) < 4.78 is 45.2. The van der Waals surface area contributed by atoms with Crippen LogP contribution in [0.1, 0.15) is 53.1 Å². The zero-order valence-electron chi connectivity index (χ0n) is 21.2. The standard InChI is InChI=1S/C30H29F3N2O3/c1-20(2)12-17-26-27(30(31,32)33)35(19-21-8-4-3-5-9-21)29(38)34(26)18-22-13-15-23(16-14-22)24-10-6-7-11-25(24)28(36)37/h3-11,13-16,20H,12,17-19H2,1-2H3,(H,36,37). The molecule has 1 aromatic heterocycles. The third kappa shape index (κ3) is 5.90. The molecule has 3 aromatic carbocycles. The molecule has 0 saturated carbocycles. The normalized spacial score (nSPS) is 11.7. The molecule has 0 aliphatic carbocycles. The highest BCUT2D eigenvalue weighted by Gasteiger charge is 2.40. The Morgan fingerprint density at radius 2 is 1.42 bits per heavy atom. The second-order valence-electron chi connectivity index (χ2n) is 9.71. The van der Waals surface area contributed by atoms with Gasteiger partial charge >= 0.3 is 17.8 Å². The van der Waals surface area contributed by atoms with Crippen LogP contribution in [-0.2, 0) is 25.7 Å². The smallest absolute Gasteiger partial charge is 0.433 e. The molecule has 8 heteroatoms. The molecule has 0 aliphatic heterocycles. The van der Waals surface area contributed by atoms with Crippen LogP contribution < -0.4 is 5.69 Å². The van der Waals surface area contributed by atoms with Crippen LogP contribution in [0.25, 0.3) is 11.1 Å². The van der Waals surface area contributed by atoms with Crippen LogP contribution >= 0.6 is 0 Å². The lowest BCUT2D eigenvalue weighted by Crippen LogP contribution is -2.27. The van der Waals surface area contributed by atoms with Crippen LogP contribution in [0.3, 0.4) is 0 Å². The van der Waals surface area contributed by atoms with Gasteiger partial charge in [-0.25, -0.2) is 9.59 Å². The number of aromatic carboxylic acids is 1. The molecule has 0 fully saturated rings. The summed E-state index contributed by atoms with van der Waals surface area (Å²) in [5.74, 6) is -0.892. The summed E-state index contributed by atoms with van der Waals surface area (Å²) in [6, 6.07) is 22.1. The minimum absolute atomic E-state index is 0.0209. The van der Waals surface area contributed by atoms with Crippen molar-refractivity contribution in [3.8, 4) is 11.1 Å². The average molecular weight is 523 g/mol. The topological polar surface area (TPSA) is 64.2 Å². The molecule has 198 valence electrons. The van der Waals surface area contributed by atoms with Crippen molar-refractivity contribution in [3.05, 3.63) is 117 Å². The van der Waals surface area contributed by atoms with Crippen LogP contribution in [0.5, 0.6) is 0 Å². The number of carboxylic acid groups (broad SMARTS) is 1. The maximum atomic E-state index is 14.4. The van der Waals surface area contributed by atoms with Gasteiger partial charge in [-0.05, 0) is 47.1 Å². The van der Waals surface area contributed by atoms with E-state index in [1.807, 2.05) is 13.8 Å². The maximum Gasteiger partial charge on any atom is 0.433 e. The molecule has 0 amide bonds. The minimum Gasteiger partial charge on any atom is -0.478 e. The minimum atomic E-state index is -4.70. The first-order chi connectivity index (χ1) is 18.1. The van der Waals surface area contributed by atoms with E-state index in [9.17, 15) is 27.9 Å². The maximum absolute atomic E-state index is 14.4. The van der Waals surface area contributed by atoms with Crippen LogP contribution in [-0.4, -0.2) is 20.2 Å². The van der Waals surface area contributed by atoms with Crippen molar-refractivity contribution in [1.29, 1.82) is 0 Å². The molecule has 0 unspecified atom stereocenters. The Hall–Kier alpha value is -4.07. The SMILES string of the molecule is CC(C)CCc1c(C(F)(F)F)n(Cc2ccccc2)c(=O)n1Cc1ccc(-c2ccccc2C(=O)O)cc1. The van der Waals surface area contributed by atoms with E-state index >= 15 is 0 Å². The molecule has 0 spiro atoms. The second-order valence-corrected chi connectivity index (χ2v) is 9.71. The lowest BCUT2D eigenvalue weighted by molar-refractivity contribution is -0.144. The summed E-state index contributed by atoms with van der Waals surface area (Å²) in [7, 11) is 0. The Balaban J connectivity index is 1.77. The van der Waals surface area contributed by atoms with Crippen LogP contribution in [0.15, 0.2) is 83.7 Å². The van der Waals surface area contributed by atoms with E-state index in [-0.39, 0.29) is 36.7 Å². The van der Waals surface area contributed by atoms with Gasteiger partial charge in [-0.3, -0.25) is 9.13 Å². The molecule has 0 atom stereocenters. The fourth-order valence-corrected chi connectivity index (χ4v) is 4.61. The van der Waals surface area contributed by atoms with Gasteiger partial charge in [-0.2, -0.15) is 13.2 Å². The second kappa shape index (κ2) is 11.1. The third-order valence-corrected chi connectivity index (χ3v) is 6.50. The molecule has 0 aliphatic rings. The van der Waals surface area contributed by atoms with E-state index in [1.54, 1.807) is 72.8 Å². The molecule has 38 heavy (non-hydrogen) atoms. The van der Waals surface area contributed by atoms with Gasteiger partial charge in [0.25, 0.3) is 0 Å². The number of carboxylic acids is 1. The highest BCUT2D eigenvalue weighted by molar-refractivity contribution is 5.95. The number of aromatic nitrogens is 2. The monoisotopic (exact) mass is 522 g/mol. The van der Waals surface area contributed by atoms with Gasteiger partial charge in [-0.15, -0.1) is 0 Å². The Kier molecular flexibility index (Phi) is 7.90. The van der Waals surface area contributed by atoms with E-state index in [4.69, 9.17) is 0 Å². The van der Waals surface area contributed by atoms with E-state index in [0.29, 0.717) is 28.7 Å². The lowest BCUT2D eigenvalue weighted by atomic mass is 9.98. The Morgan fingerprint density at radius 3 is 2.03 bits per heavy atom. The van der Waals surface area contributed by atoms with E-state index in [0.717, 1.165) is 4.57 Å². The Labute approximate surface area is 218 Å². The van der Waals surface area contributed by atoms with Crippen molar-refractivity contribution < 1.29 is 23.1 Å². The average Bonchev–Trinajstić information content (AvgIpc) is 3.14. The third-order valence-electron chi connectivity index (χ3n) is 6.50. The van der Waals surface area contributed by atoms with Crippen LogP contribution in [0.4, 0.5) is 13.2 Å². The molecule has 0 radical (unpaired) electrons. The molecule has 0 saturated heterocycles. The fraction of sp³-hybridized carbons (Fsp3) is 0.267. The van der Waals surface area contributed by atoms with Crippen molar-refractivity contribution in [1.82, 2.24) is 9.13 Å². The van der Waals surface area contributed by atoms with Crippen molar-refractivity contribution in [2.24, 2.45) is 5.92 Å². The number of hydrogen-bond donors (Lipinski definition) is 1. The van der Waals surface area contributed by atoms with Crippen LogP contribution in [0.2, 0.25) is 0 Å². The summed E-state index contributed by atoms with van der Waals surface area (Å²) in [6.45, 7) is 3.66. The van der Waals surface area contributed by atoms with E-state index < -0.39 is 23.5 Å². The number of rotatable bonds is 9. The molecule has 1 N–H and O–H groups in total. The van der Waals surface area contributed by atoms with Crippen molar-refractivity contribution >= 4 is 5.97 Å². The highest BCUT2D eigenvalue weighted by Crippen LogP contribution is 2.33. The predicted octanol–water partition coefficient (Wildman–Crippen LogP) is 6.72. The summed E-state index contributed by atoms with van der Waals surface area (Å²) in [6.07, 6.45) is -4.08. The summed E-state index contributed by atoms with van der Waals surface area (Å²) in [5, 5.41) is 9.49.